The average Bonchev–Trinajstić information content (AvgIpc) is 2.13. The first-order valence-electron chi connectivity index (χ1n) is 3.71. The van der Waals surface area contributed by atoms with Gasteiger partial charge in [-0.2, -0.15) is 0 Å². The molecule has 58 valence electrons. The molecule has 1 atom stereocenters. The largest absolute Gasteiger partial charge is 0.354 e. The zero-order chi connectivity index (χ0) is 7.56. The van der Waals surface area contributed by atoms with Crippen molar-refractivity contribution in [3.8, 4) is 0 Å². The Balaban J connectivity index is 2.24. The molecule has 3 heteroatoms. The summed E-state index contributed by atoms with van der Waals surface area (Å²) in [6.45, 7) is 4.96. The molecule has 0 saturated carbocycles. The van der Waals surface area contributed by atoms with E-state index < -0.39 is 0 Å². The van der Waals surface area contributed by atoms with Crippen LogP contribution in [-0.2, 0) is 4.79 Å². The number of carbonyl (C=O) groups is 1. The zero-order valence-electron chi connectivity index (χ0n) is 6.48. The van der Waals surface area contributed by atoms with Gasteiger partial charge in [-0.15, -0.1) is 0 Å². The maximum Gasteiger partial charge on any atom is 0.221 e. The predicted octanol–water partition coefficient (Wildman–Crippen LogP) is -0.127. The Hall–Kier alpha value is -0.570. The molecule has 0 aliphatic carbocycles. The van der Waals surface area contributed by atoms with E-state index in [4.69, 9.17) is 0 Å². The van der Waals surface area contributed by atoms with E-state index in [9.17, 15) is 4.79 Å². The fraction of sp³-hybridized carbons (Fsp3) is 0.857. The fourth-order valence-corrected chi connectivity index (χ4v) is 1.19. The molecular weight excluding hydrogens is 128 g/mol. The fourth-order valence-electron chi connectivity index (χ4n) is 1.19. The second kappa shape index (κ2) is 3.01. The lowest BCUT2D eigenvalue weighted by molar-refractivity contribution is -0.119. The number of carbonyl (C=O) groups excluding carboxylic acids is 1. The Bertz CT molecular complexity index is 134. The molecule has 1 amide bonds. The molecule has 1 saturated heterocycles. The third kappa shape index (κ3) is 1.99. The van der Waals surface area contributed by atoms with Crippen LogP contribution in [0.5, 0.6) is 0 Å². The Morgan fingerprint density at radius 2 is 2.40 bits per heavy atom. The monoisotopic (exact) mass is 142 g/mol. The van der Waals surface area contributed by atoms with Crippen molar-refractivity contribution in [1.82, 2.24) is 10.6 Å². The molecule has 0 aromatic rings. The SMILES string of the molecule is CC(C)NC1CNC(=O)C1. The van der Waals surface area contributed by atoms with Gasteiger partial charge >= 0.3 is 0 Å². The highest BCUT2D eigenvalue weighted by molar-refractivity contribution is 5.78. The first-order chi connectivity index (χ1) is 4.68. The number of nitrogens with one attached hydrogen (secondary N) is 2. The molecule has 0 radical (unpaired) electrons. The van der Waals surface area contributed by atoms with E-state index in [-0.39, 0.29) is 5.91 Å². The predicted molar refractivity (Wildman–Crippen MR) is 39.7 cm³/mol. The molecule has 3 nitrogen and oxygen atoms in total. The smallest absolute Gasteiger partial charge is 0.221 e. The molecule has 1 aliphatic heterocycles. The van der Waals surface area contributed by atoms with Gasteiger partial charge in [-0.05, 0) is 0 Å². The third-order valence-corrected chi connectivity index (χ3v) is 1.55. The topological polar surface area (TPSA) is 41.1 Å². The molecule has 1 aliphatic rings. The van der Waals surface area contributed by atoms with Crippen LogP contribution in [0.1, 0.15) is 20.3 Å². The summed E-state index contributed by atoms with van der Waals surface area (Å²) in [4.78, 5) is 10.7. The van der Waals surface area contributed by atoms with E-state index in [0.717, 1.165) is 6.54 Å². The van der Waals surface area contributed by atoms with Gasteiger partial charge in [0.25, 0.3) is 0 Å². The average molecular weight is 142 g/mol. The second-order valence-electron chi connectivity index (χ2n) is 3.03. The summed E-state index contributed by atoms with van der Waals surface area (Å²) in [5.74, 6) is 0.165. The molecule has 0 aromatic carbocycles. The number of hydrogen-bond acceptors (Lipinski definition) is 2. The van der Waals surface area contributed by atoms with Crippen molar-refractivity contribution in [3.63, 3.8) is 0 Å². The zero-order valence-corrected chi connectivity index (χ0v) is 6.48. The number of amides is 1. The molecule has 0 bridgehead atoms. The minimum Gasteiger partial charge on any atom is -0.354 e. The molecule has 2 N–H and O–H groups in total. The van der Waals surface area contributed by atoms with Crippen LogP contribution in [0.15, 0.2) is 0 Å². The van der Waals surface area contributed by atoms with Crippen molar-refractivity contribution in [2.24, 2.45) is 0 Å². The van der Waals surface area contributed by atoms with Crippen LogP contribution in [-0.4, -0.2) is 24.5 Å². The summed E-state index contributed by atoms with van der Waals surface area (Å²) in [5.41, 5.74) is 0. The molecule has 1 unspecified atom stereocenters. The van der Waals surface area contributed by atoms with Crippen molar-refractivity contribution < 1.29 is 4.79 Å². The van der Waals surface area contributed by atoms with Gasteiger partial charge in [0.05, 0.1) is 0 Å². The van der Waals surface area contributed by atoms with Crippen molar-refractivity contribution in [2.45, 2.75) is 32.4 Å². The minimum atomic E-state index is 0.165. The van der Waals surface area contributed by atoms with Crippen LogP contribution < -0.4 is 10.6 Å². The summed E-state index contributed by atoms with van der Waals surface area (Å²) in [6.07, 6.45) is 0.637. The van der Waals surface area contributed by atoms with E-state index in [0.29, 0.717) is 18.5 Å². The maximum atomic E-state index is 10.7. The van der Waals surface area contributed by atoms with Gasteiger partial charge < -0.3 is 10.6 Å². The summed E-state index contributed by atoms with van der Waals surface area (Å²) in [5, 5.41) is 6.06. The van der Waals surface area contributed by atoms with E-state index in [1.807, 2.05) is 0 Å². The van der Waals surface area contributed by atoms with Crippen molar-refractivity contribution >= 4 is 5.91 Å². The van der Waals surface area contributed by atoms with E-state index in [1.54, 1.807) is 0 Å². The van der Waals surface area contributed by atoms with E-state index in [2.05, 4.69) is 24.5 Å². The number of hydrogen-bond donors (Lipinski definition) is 2. The Morgan fingerprint density at radius 3 is 2.80 bits per heavy atom. The molecule has 0 aromatic heterocycles. The Morgan fingerprint density at radius 1 is 1.70 bits per heavy atom. The lowest BCUT2D eigenvalue weighted by atomic mass is 10.2. The molecular formula is C7H14N2O. The summed E-state index contributed by atoms with van der Waals surface area (Å²) in [7, 11) is 0. The van der Waals surface area contributed by atoms with Gasteiger partial charge in [0.2, 0.25) is 5.91 Å². The van der Waals surface area contributed by atoms with Crippen LogP contribution in [0.3, 0.4) is 0 Å². The van der Waals surface area contributed by atoms with Crippen LogP contribution in [0.2, 0.25) is 0 Å². The highest BCUT2D eigenvalue weighted by Crippen LogP contribution is 1.99. The van der Waals surface area contributed by atoms with Gasteiger partial charge in [-0.3, -0.25) is 4.79 Å². The first kappa shape index (κ1) is 7.54. The van der Waals surface area contributed by atoms with Crippen molar-refractivity contribution in [1.29, 1.82) is 0 Å². The Labute approximate surface area is 61.2 Å². The van der Waals surface area contributed by atoms with E-state index in [1.165, 1.54) is 0 Å². The van der Waals surface area contributed by atoms with Crippen molar-refractivity contribution in [3.05, 3.63) is 0 Å². The van der Waals surface area contributed by atoms with Crippen LogP contribution >= 0.6 is 0 Å². The lowest BCUT2D eigenvalue weighted by Crippen LogP contribution is -2.35. The molecule has 0 spiro atoms. The number of rotatable bonds is 2. The van der Waals surface area contributed by atoms with Crippen LogP contribution in [0, 0.1) is 0 Å². The molecule has 1 fully saturated rings. The molecule has 1 heterocycles. The third-order valence-electron chi connectivity index (χ3n) is 1.55. The van der Waals surface area contributed by atoms with Gasteiger partial charge in [-0.25, -0.2) is 0 Å². The maximum absolute atomic E-state index is 10.7. The summed E-state index contributed by atoms with van der Waals surface area (Å²) >= 11 is 0. The molecule has 1 rings (SSSR count). The van der Waals surface area contributed by atoms with Gasteiger partial charge in [-0.1, -0.05) is 13.8 Å². The van der Waals surface area contributed by atoms with Crippen molar-refractivity contribution in [2.75, 3.05) is 6.54 Å². The highest BCUT2D eigenvalue weighted by Gasteiger charge is 2.20. The van der Waals surface area contributed by atoms with Gasteiger partial charge in [0, 0.05) is 25.0 Å². The van der Waals surface area contributed by atoms with Crippen LogP contribution in [0.25, 0.3) is 0 Å². The normalized spacial score (nSPS) is 25.5. The van der Waals surface area contributed by atoms with Gasteiger partial charge in [0.15, 0.2) is 0 Å². The molecule has 10 heavy (non-hydrogen) atoms. The highest BCUT2D eigenvalue weighted by atomic mass is 16.1. The lowest BCUT2D eigenvalue weighted by Gasteiger charge is -2.12. The first-order valence-corrected chi connectivity index (χ1v) is 3.71. The summed E-state index contributed by atoms with van der Waals surface area (Å²) in [6, 6.07) is 0.824. The standard InChI is InChI=1S/C7H14N2O/c1-5(2)9-6-3-7(10)8-4-6/h5-6,9H,3-4H2,1-2H3,(H,8,10). The van der Waals surface area contributed by atoms with Crippen LogP contribution in [0.4, 0.5) is 0 Å². The van der Waals surface area contributed by atoms with E-state index >= 15 is 0 Å². The van der Waals surface area contributed by atoms with Gasteiger partial charge in [0.1, 0.15) is 0 Å². The minimum absolute atomic E-state index is 0.165. The second-order valence-corrected chi connectivity index (χ2v) is 3.03. The summed E-state index contributed by atoms with van der Waals surface area (Å²) < 4.78 is 0. The Kier molecular flexibility index (Phi) is 2.27. The quantitative estimate of drug-likeness (QED) is 0.564.